The Labute approximate surface area is 103 Å². The molecule has 1 aromatic heterocycles. The van der Waals surface area contributed by atoms with Crippen molar-refractivity contribution in [2.45, 2.75) is 25.8 Å². The molecule has 3 rings (SSSR count). The fourth-order valence-electron chi connectivity index (χ4n) is 2.14. The molecule has 1 fully saturated rings. The maximum absolute atomic E-state index is 13.1. The van der Waals surface area contributed by atoms with Crippen LogP contribution < -0.4 is 5.32 Å². The van der Waals surface area contributed by atoms with Crippen LogP contribution in [0.5, 0.6) is 0 Å². The molecule has 0 aliphatic heterocycles. The van der Waals surface area contributed by atoms with E-state index < -0.39 is 11.6 Å². The fourth-order valence-corrected chi connectivity index (χ4v) is 2.14. The first-order valence-corrected chi connectivity index (χ1v) is 6.05. The number of hydrogen-bond donors (Lipinski definition) is 1. The third-order valence-electron chi connectivity index (χ3n) is 3.36. The van der Waals surface area contributed by atoms with Gasteiger partial charge in [0.15, 0.2) is 11.6 Å². The van der Waals surface area contributed by atoms with E-state index in [-0.39, 0.29) is 0 Å². The van der Waals surface area contributed by atoms with Crippen molar-refractivity contribution < 1.29 is 8.78 Å². The number of aromatic nitrogens is 2. The quantitative estimate of drug-likeness (QED) is 0.908. The van der Waals surface area contributed by atoms with Gasteiger partial charge in [0.05, 0.1) is 17.2 Å². The smallest absolute Gasteiger partial charge is 0.161 e. The number of nitrogens with zero attached hydrogens (tertiary/aromatic N) is 2. The zero-order chi connectivity index (χ0) is 12.7. The van der Waals surface area contributed by atoms with Gasteiger partial charge in [-0.1, -0.05) is 13.3 Å². The summed E-state index contributed by atoms with van der Waals surface area (Å²) < 4.78 is 26.1. The Kier molecular flexibility index (Phi) is 2.61. The molecule has 1 N–H and O–H groups in total. The molecular formula is C13H13F2N3. The van der Waals surface area contributed by atoms with Gasteiger partial charge in [-0.25, -0.2) is 13.8 Å². The van der Waals surface area contributed by atoms with E-state index in [1.165, 1.54) is 0 Å². The van der Waals surface area contributed by atoms with Crippen molar-refractivity contribution in [1.29, 1.82) is 0 Å². The average Bonchev–Trinajstić information content (AvgIpc) is 3.09. The van der Waals surface area contributed by atoms with Gasteiger partial charge in [-0.2, -0.15) is 0 Å². The highest BCUT2D eigenvalue weighted by molar-refractivity contribution is 5.75. The summed E-state index contributed by atoms with van der Waals surface area (Å²) in [5.74, 6) is -0.487. The highest BCUT2D eigenvalue weighted by atomic mass is 19.2. The van der Waals surface area contributed by atoms with Crippen LogP contribution in [0.15, 0.2) is 18.3 Å². The first-order chi connectivity index (χ1) is 8.67. The molecule has 0 bridgehead atoms. The van der Waals surface area contributed by atoms with Crippen molar-refractivity contribution in [3.63, 3.8) is 0 Å². The van der Waals surface area contributed by atoms with Crippen LogP contribution in [-0.2, 0) is 0 Å². The van der Waals surface area contributed by atoms with Crippen molar-refractivity contribution >= 4 is 16.9 Å². The number of benzene rings is 1. The van der Waals surface area contributed by atoms with E-state index in [9.17, 15) is 8.78 Å². The van der Waals surface area contributed by atoms with Gasteiger partial charge in [0.1, 0.15) is 5.82 Å². The molecule has 1 heterocycles. The van der Waals surface area contributed by atoms with Crippen LogP contribution in [0.4, 0.5) is 14.6 Å². The summed E-state index contributed by atoms with van der Waals surface area (Å²) in [5.41, 5.74) is 0.731. The minimum absolute atomic E-state index is 0.363. The van der Waals surface area contributed by atoms with Gasteiger partial charge in [-0.15, -0.1) is 0 Å². The highest BCUT2D eigenvalue weighted by Crippen LogP contribution is 2.35. The van der Waals surface area contributed by atoms with Crippen LogP contribution in [0.2, 0.25) is 0 Å². The number of hydrogen-bond acceptors (Lipinski definition) is 3. The predicted octanol–water partition coefficient (Wildman–Crippen LogP) is 3.12. The van der Waals surface area contributed by atoms with E-state index in [4.69, 9.17) is 0 Å². The molecule has 0 amide bonds. The van der Waals surface area contributed by atoms with Crippen molar-refractivity contribution in [2.24, 2.45) is 5.92 Å². The number of nitrogens with one attached hydrogen (secondary N) is 1. The minimum atomic E-state index is -0.897. The van der Waals surface area contributed by atoms with Crippen LogP contribution in [0, 0.1) is 17.6 Å². The van der Waals surface area contributed by atoms with E-state index in [1.54, 1.807) is 6.20 Å². The van der Waals surface area contributed by atoms with Gasteiger partial charge in [0.2, 0.25) is 0 Å². The Hall–Kier alpha value is -1.78. The minimum Gasteiger partial charge on any atom is -0.366 e. The predicted molar refractivity (Wildman–Crippen MR) is 65.3 cm³/mol. The molecule has 1 aliphatic rings. The van der Waals surface area contributed by atoms with E-state index in [1.807, 2.05) is 0 Å². The largest absolute Gasteiger partial charge is 0.366 e. The molecule has 1 aromatic carbocycles. The molecule has 0 radical (unpaired) electrons. The van der Waals surface area contributed by atoms with E-state index in [2.05, 4.69) is 22.2 Å². The number of rotatable bonds is 3. The van der Waals surface area contributed by atoms with Crippen LogP contribution in [0.3, 0.4) is 0 Å². The lowest BCUT2D eigenvalue weighted by molar-refractivity contribution is 0.510. The summed E-state index contributed by atoms with van der Waals surface area (Å²) in [4.78, 5) is 8.33. The molecule has 5 heteroatoms. The molecule has 2 aromatic rings. The van der Waals surface area contributed by atoms with Crippen molar-refractivity contribution in [1.82, 2.24) is 9.97 Å². The molecule has 1 aliphatic carbocycles. The second-order valence-electron chi connectivity index (χ2n) is 4.67. The van der Waals surface area contributed by atoms with E-state index >= 15 is 0 Å². The van der Waals surface area contributed by atoms with Crippen molar-refractivity contribution in [2.75, 3.05) is 5.32 Å². The molecule has 0 saturated heterocycles. The summed E-state index contributed by atoms with van der Waals surface area (Å²) >= 11 is 0. The van der Waals surface area contributed by atoms with Crippen LogP contribution in [0.1, 0.15) is 19.8 Å². The monoisotopic (exact) mass is 249 g/mol. The molecule has 18 heavy (non-hydrogen) atoms. The molecule has 2 unspecified atom stereocenters. The lowest BCUT2D eigenvalue weighted by Crippen LogP contribution is -2.06. The lowest BCUT2D eigenvalue weighted by atomic mass is 10.3. The number of anilines is 1. The molecular weight excluding hydrogens is 236 g/mol. The standard InChI is InChI=1S/C13H13F2N3/c1-2-7-3-10(7)17-13-6-16-11-4-8(14)9(15)5-12(11)18-13/h4-7,10H,2-3H2,1H3,(H,17,18). The third kappa shape index (κ3) is 2.00. The van der Waals surface area contributed by atoms with Crippen LogP contribution in [0.25, 0.3) is 11.0 Å². The molecule has 0 spiro atoms. The first kappa shape index (κ1) is 11.3. The summed E-state index contributed by atoms with van der Waals surface area (Å²) in [5, 5.41) is 3.25. The number of halogens is 2. The Morgan fingerprint density at radius 1 is 1.28 bits per heavy atom. The van der Waals surface area contributed by atoms with E-state index in [0.717, 1.165) is 25.0 Å². The molecule has 2 atom stereocenters. The number of fused-ring (bicyclic) bond motifs is 1. The molecule has 3 nitrogen and oxygen atoms in total. The summed E-state index contributed by atoms with van der Waals surface area (Å²) in [7, 11) is 0. The Morgan fingerprint density at radius 2 is 2.00 bits per heavy atom. The van der Waals surface area contributed by atoms with Gasteiger partial charge in [0, 0.05) is 18.2 Å². The maximum atomic E-state index is 13.1. The Bertz CT molecular complexity index is 600. The molecule has 94 valence electrons. The summed E-state index contributed by atoms with van der Waals surface area (Å²) in [6, 6.07) is 2.58. The second kappa shape index (κ2) is 4.15. The maximum Gasteiger partial charge on any atom is 0.161 e. The third-order valence-corrected chi connectivity index (χ3v) is 3.36. The highest BCUT2D eigenvalue weighted by Gasteiger charge is 2.35. The average molecular weight is 249 g/mol. The summed E-state index contributed by atoms with van der Waals surface area (Å²) in [6.45, 7) is 2.15. The van der Waals surface area contributed by atoms with Gasteiger partial charge in [-0.3, -0.25) is 4.98 Å². The van der Waals surface area contributed by atoms with Gasteiger partial charge in [0.25, 0.3) is 0 Å². The van der Waals surface area contributed by atoms with Crippen molar-refractivity contribution in [3.8, 4) is 0 Å². The topological polar surface area (TPSA) is 37.8 Å². The SMILES string of the molecule is CCC1CC1Nc1cnc2cc(F)c(F)cc2n1. The normalized spacial score (nSPS) is 22.2. The summed E-state index contributed by atoms with van der Waals surface area (Å²) in [6.07, 6.45) is 3.83. The second-order valence-corrected chi connectivity index (χ2v) is 4.67. The lowest BCUT2D eigenvalue weighted by Gasteiger charge is -2.05. The fraction of sp³-hybridized carbons (Fsp3) is 0.385. The molecule has 1 saturated carbocycles. The first-order valence-electron chi connectivity index (χ1n) is 6.05. The zero-order valence-corrected chi connectivity index (χ0v) is 9.95. The Morgan fingerprint density at radius 3 is 2.67 bits per heavy atom. The van der Waals surface area contributed by atoms with Gasteiger partial charge in [-0.05, 0) is 12.3 Å². The van der Waals surface area contributed by atoms with Gasteiger partial charge >= 0.3 is 0 Å². The zero-order valence-electron chi connectivity index (χ0n) is 9.95. The van der Waals surface area contributed by atoms with Gasteiger partial charge < -0.3 is 5.32 Å². The van der Waals surface area contributed by atoms with E-state index in [0.29, 0.717) is 28.8 Å². The van der Waals surface area contributed by atoms with Crippen LogP contribution in [-0.4, -0.2) is 16.0 Å². The Balaban J connectivity index is 1.89. The van der Waals surface area contributed by atoms with Crippen molar-refractivity contribution in [3.05, 3.63) is 30.0 Å². The van der Waals surface area contributed by atoms with Crippen LogP contribution >= 0.6 is 0 Å².